The number of rotatable bonds is 3. The molecular weight excluding hydrogens is 220 g/mol. The van der Waals surface area contributed by atoms with Gasteiger partial charge in [0.1, 0.15) is 6.04 Å². The Hall–Kier alpha value is -1.30. The van der Waals surface area contributed by atoms with Crippen LogP contribution < -0.4 is 5.23 Å². The molecule has 5 heteroatoms. The van der Waals surface area contributed by atoms with E-state index in [1.165, 1.54) is 0 Å². The van der Waals surface area contributed by atoms with E-state index in [-0.39, 0.29) is 0 Å². The van der Waals surface area contributed by atoms with Crippen molar-refractivity contribution < 1.29 is 10.4 Å². The Morgan fingerprint density at radius 3 is 2.65 bits per heavy atom. The van der Waals surface area contributed by atoms with Crippen LogP contribution in [0.25, 0.3) is 0 Å². The van der Waals surface area contributed by atoms with E-state index in [1.54, 1.807) is 12.1 Å². The average Bonchev–Trinajstić information content (AvgIpc) is 2.39. The highest BCUT2D eigenvalue weighted by atomic mass is 16.8. The van der Waals surface area contributed by atoms with Crippen LogP contribution in [-0.2, 0) is 5.54 Å². The van der Waals surface area contributed by atoms with Crippen LogP contribution in [0.15, 0.2) is 35.5 Å². The van der Waals surface area contributed by atoms with Gasteiger partial charge in [0.2, 0.25) is 0 Å². The lowest BCUT2D eigenvalue weighted by Gasteiger charge is -2.40. The molecule has 2 rings (SSSR count). The fourth-order valence-corrected chi connectivity index (χ4v) is 2.72. The van der Waals surface area contributed by atoms with E-state index >= 15 is 0 Å². The van der Waals surface area contributed by atoms with Gasteiger partial charge in [-0.3, -0.25) is 0 Å². The summed E-state index contributed by atoms with van der Waals surface area (Å²) < 4.78 is 0. The lowest BCUT2D eigenvalue weighted by molar-refractivity contribution is -1.07. The zero-order valence-electron chi connectivity index (χ0n) is 9.50. The molecule has 1 saturated carbocycles. The van der Waals surface area contributed by atoms with Crippen LogP contribution in [0.3, 0.4) is 0 Å². The highest BCUT2D eigenvalue weighted by molar-refractivity contribution is 5.27. The smallest absolute Gasteiger partial charge is 0.182 e. The molecule has 3 unspecified atom stereocenters. The number of quaternary nitrogens is 1. The van der Waals surface area contributed by atoms with Gasteiger partial charge in [-0.05, 0) is 18.4 Å². The van der Waals surface area contributed by atoms with Crippen molar-refractivity contribution in [1.29, 1.82) is 0 Å². The summed E-state index contributed by atoms with van der Waals surface area (Å²) in [4.78, 5) is 11.3. The molecule has 1 aromatic carbocycles. The van der Waals surface area contributed by atoms with Crippen LogP contribution in [0.5, 0.6) is 0 Å². The van der Waals surface area contributed by atoms with Crippen molar-refractivity contribution in [2.75, 3.05) is 0 Å². The molecule has 1 fully saturated rings. The fraction of sp³-hybridized carbons (Fsp3) is 0.500. The van der Waals surface area contributed by atoms with Gasteiger partial charge in [0, 0.05) is 6.42 Å². The first-order valence-corrected chi connectivity index (χ1v) is 5.83. The number of nitrogens with one attached hydrogen (secondary N) is 1. The van der Waals surface area contributed by atoms with Crippen molar-refractivity contribution in [3.63, 3.8) is 0 Å². The first kappa shape index (κ1) is 12.2. The first-order chi connectivity index (χ1) is 8.20. The average molecular weight is 236 g/mol. The van der Waals surface area contributed by atoms with Gasteiger partial charge in [-0.15, -0.1) is 4.91 Å². The van der Waals surface area contributed by atoms with Gasteiger partial charge in [0.15, 0.2) is 5.54 Å². The Bertz CT molecular complexity index is 383. The molecule has 0 aliphatic heterocycles. The van der Waals surface area contributed by atoms with Crippen molar-refractivity contribution in [2.45, 2.75) is 37.3 Å². The zero-order valence-corrected chi connectivity index (χ0v) is 9.50. The van der Waals surface area contributed by atoms with E-state index < -0.39 is 16.8 Å². The summed E-state index contributed by atoms with van der Waals surface area (Å²) in [6.45, 7) is 0. The van der Waals surface area contributed by atoms with Gasteiger partial charge in [-0.25, -0.2) is 10.4 Å². The Morgan fingerprint density at radius 1 is 1.35 bits per heavy atom. The van der Waals surface area contributed by atoms with Crippen LogP contribution >= 0.6 is 0 Å². The fourth-order valence-electron chi connectivity index (χ4n) is 2.72. The van der Waals surface area contributed by atoms with Crippen LogP contribution in [0.2, 0.25) is 0 Å². The van der Waals surface area contributed by atoms with Crippen molar-refractivity contribution >= 4 is 0 Å². The first-order valence-electron chi connectivity index (χ1n) is 5.83. The van der Waals surface area contributed by atoms with E-state index in [2.05, 4.69) is 5.18 Å². The number of hydrogen-bond donors (Lipinski definition) is 2. The maximum atomic E-state index is 11.3. The number of nitroso groups, excluding NO2 is 1. The molecule has 0 saturated heterocycles. The summed E-state index contributed by atoms with van der Waals surface area (Å²) in [5, 5.41) is 22.9. The maximum absolute atomic E-state index is 11.3. The van der Waals surface area contributed by atoms with Gasteiger partial charge in [0.25, 0.3) is 0 Å². The molecule has 92 valence electrons. The Kier molecular flexibility index (Phi) is 3.51. The lowest BCUT2D eigenvalue weighted by atomic mass is 9.74. The second-order valence-electron chi connectivity index (χ2n) is 4.52. The minimum atomic E-state index is -1.08. The largest absolute Gasteiger partial charge is 0.600 e. The van der Waals surface area contributed by atoms with E-state index in [0.717, 1.165) is 18.4 Å². The molecule has 0 aromatic heterocycles. The third-order valence-electron chi connectivity index (χ3n) is 3.61. The third kappa shape index (κ3) is 2.09. The Balaban J connectivity index is 2.43. The predicted molar refractivity (Wildman–Crippen MR) is 62.3 cm³/mol. The summed E-state index contributed by atoms with van der Waals surface area (Å²) >= 11 is 0. The molecule has 0 heterocycles. The van der Waals surface area contributed by atoms with Crippen LogP contribution in [0, 0.1) is 10.1 Å². The number of hydroxylamine groups is 2. The molecule has 3 atom stereocenters. The summed E-state index contributed by atoms with van der Waals surface area (Å²) in [5.74, 6) is 0. The molecule has 0 amide bonds. The number of benzene rings is 1. The SMILES string of the molecule is O=NC1(c2ccccc2)CCCCC1[NH+]([O-])O. The van der Waals surface area contributed by atoms with E-state index in [4.69, 9.17) is 0 Å². The minimum absolute atomic E-state index is 0.524. The quantitative estimate of drug-likeness (QED) is 0.614. The molecular formula is C12H16N2O3. The van der Waals surface area contributed by atoms with Crippen molar-refractivity contribution in [3.05, 3.63) is 46.0 Å². The summed E-state index contributed by atoms with van der Waals surface area (Å²) in [6, 6.07) is 8.37. The van der Waals surface area contributed by atoms with Crippen LogP contribution in [0.4, 0.5) is 0 Å². The van der Waals surface area contributed by atoms with E-state index in [9.17, 15) is 15.3 Å². The standard InChI is InChI=1S/C12H16N2O3/c15-13-12(10-6-2-1-3-7-10)9-5-4-8-11(12)14(16)17/h1-3,6-7,11,14,16H,4-5,8-9H2. The second kappa shape index (κ2) is 4.91. The predicted octanol–water partition coefficient (Wildman–Crippen LogP) is 1.36. The Labute approximate surface area is 99.6 Å². The molecule has 1 aliphatic carbocycles. The molecule has 0 spiro atoms. The van der Waals surface area contributed by atoms with Crippen molar-refractivity contribution in [2.24, 2.45) is 5.18 Å². The molecule has 1 aromatic rings. The minimum Gasteiger partial charge on any atom is -0.600 e. The highest BCUT2D eigenvalue weighted by Gasteiger charge is 2.48. The number of nitrogens with zero attached hydrogens (tertiary/aromatic N) is 1. The second-order valence-corrected chi connectivity index (χ2v) is 4.52. The monoisotopic (exact) mass is 236 g/mol. The topological polar surface area (TPSA) is 77.2 Å². The lowest BCUT2D eigenvalue weighted by Crippen LogP contribution is -3.11. The van der Waals surface area contributed by atoms with E-state index in [1.807, 2.05) is 18.2 Å². The molecule has 17 heavy (non-hydrogen) atoms. The molecule has 0 bridgehead atoms. The highest BCUT2D eigenvalue weighted by Crippen LogP contribution is 2.39. The van der Waals surface area contributed by atoms with Gasteiger partial charge in [-0.2, -0.15) is 0 Å². The van der Waals surface area contributed by atoms with Crippen LogP contribution in [0.1, 0.15) is 31.2 Å². The van der Waals surface area contributed by atoms with Gasteiger partial charge < -0.3 is 5.21 Å². The molecule has 0 radical (unpaired) electrons. The summed E-state index contributed by atoms with van der Waals surface area (Å²) in [5.41, 5.74) is -0.354. The van der Waals surface area contributed by atoms with Gasteiger partial charge >= 0.3 is 0 Å². The van der Waals surface area contributed by atoms with E-state index in [0.29, 0.717) is 12.8 Å². The Morgan fingerprint density at radius 2 is 2.06 bits per heavy atom. The van der Waals surface area contributed by atoms with Gasteiger partial charge in [0.05, 0.1) is 0 Å². The maximum Gasteiger partial charge on any atom is 0.182 e. The molecule has 5 nitrogen and oxygen atoms in total. The third-order valence-corrected chi connectivity index (χ3v) is 3.61. The normalized spacial score (nSPS) is 30.8. The summed E-state index contributed by atoms with van der Waals surface area (Å²) in [6.07, 6.45) is 2.75. The molecule has 1 aliphatic rings. The van der Waals surface area contributed by atoms with Crippen LogP contribution in [-0.4, -0.2) is 11.2 Å². The zero-order chi connectivity index (χ0) is 12.3. The number of hydrogen-bond acceptors (Lipinski definition) is 4. The van der Waals surface area contributed by atoms with Gasteiger partial charge in [-0.1, -0.05) is 41.9 Å². The van der Waals surface area contributed by atoms with Crippen molar-refractivity contribution in [3.8, 4) is 0 Å². The molecule has 2 N–H and O–H groups in total. The van der Waals surface area contributed by atoms with Crippen molar-refractivity contribution in [1.82, 2.24) is 0 Å². The summed E-state index contributed by atoms with van der Waals surface area (Å²) in [7, 11) is 0.